The van der Waals surface area contributed by atoms with Gasteiger partial charge in [-0.3, -0.25) is 4.79 Å². The molecule has 1 aromatic rings. The van der Waals surface area contributed by atoms with E-state index in [2.05, 4.69) is 0 Å². The third kappa shape index (κ3) is 2.10. The van der Waals surface area contributed by atoms with Crippen molar-refractivity contribution in [1.82, 2.24) is 0 Å². The fraction of sp³-hybridized carbons (Fsp3) is 0.545. The number of carbonyl (C=O) groups excluding carboxylic acids is 1. The highest BCUT2D eigenvalue weighted by Crippen LogP contribution is 2.39. The third-order valence-electron chi connectivity index (χ3n) is 3.03. The van der Waals surface area contributed by atoms with E-state index < -0.39 is 24.7 Å². The van der Waals surface area contributed by atoms with Crippen LogP contribution in [0.5, 0.6) is 0 Å². The number of nitrogens with zero attached hydrogens (tertiary/aromatic N) is 1. The second-order valence-corrected chi connectivity index (χ2v) is 4.39. The Labute approximate surface area is 101 Å². The molecule has 0 bridgehead atoms. The number of carbonyl (C=O) groups is 1. The number of furan rings is 1. The molecular formula is C11H12F3NO3. The summed E-state index contributed by atoms with van der Waals surface area (Å²) >= 11 is 0. The molecule has 1 saturated heterocycles. The Morgan fingerprint density at radius 3 is 2.61 bits per heavy atom. The van der Waals surface area contributed by atoms with Gasteiger partial charge in [0.1, 0.15) is 0 Å². The normalized spacial score (nSPS) is 24.6. The van der Waals surface area contributed by atoms with Crippen molar-refractivity contribution in [3.63, 3.8) is 0 Å². The first-order valence-electron chi connectivity index (χ1n) is 5.38. The minimum atomic E-state index is -4.67. The molecule has 1 aliphatic rings. The summed E-state index contributed by atoms with van der Waals surface area (Å²) in [7, 11) is 0. The van der Waals surface area contributed by atoms with Crippen LogP contribution >= 0.6 is 0 Å². The molecule has 0 aromatic carbocycles. The second-order valence-electron chi connectivity index (χ2n) is 4.39. The molecule has 18 heavy (non-hydrogen) atoms. The molecule has 2 heterocycles. The molecule has 7 heteroatoms. The Hall–Kier alpha value is -1.50. The smallest absolute Gasteiger partial charge is 0.419 e. The fourth-order valence-corrected chi connectivity index (χ4v) is 1.90. The summed E-state index contributed by atoms with van der Waals surface area (Å²) in [5, 5.41) is 9.50. The molecule has 0 saturated carbocycles. The molecule has 2 rings (SSSR count). The minimum Gasteiger partial charge on any atom is -0.437 e. The van der Waals surface area contributed by atoms with Crippen molar-refractivity contribution >= 4 is 11.7 Å². The molecule has 1 N–H and O–H groups in total. The average Bonchev–Trinajstić information content (AvgIpc) is 2.82. The molecule has 1 atom stereocenters. The first kappa shape index (κ1) is 12.9. The van der Waals surface area contributed by atoms with Crippen LogP contribution in [0.25, 0.3) is 0 Å². The van der Waals surface area contributed by atoms with Gasteiger partial charge in [0.15, 0.2) is 23.0 Å². The van der Waals surface area contributed by atoms with E-state index >= 15 is 0 Å². The number of aliphatic hydroxyl groups is 1. The number of alkyl halides is 3. The highest BCUT2D eigenvalue weighted by molar-refractivity contribution is 5.91. The quantitative estimate of drug-likeness (QED) is 0.829. The summed E-state index contributed by atoms with van der Waals surface area (Å²) in [4.78, 5) is 12.3. The van der Waals surface area contributed by atoms with Crippen LogP contribution in [0.2, 0.25) is 0 Å². The van der Waals surface area contributed by atoms with Crippen LogP contribution in [-0.2, 0) is 0 Å². The number of ketones is 1. The maximum Gasteiger partial charge on any atom is 0.419 e. The van der Waals surface area contributed by atoms with Crippen LogP contribution < -0.4 is 4.90 Å². The van der Waals surface area contributed by atoms with Crippen molar-refractivity contribution in [2.75, 3.05) is 18.0 Å². The Kier molecular flexibility index (Phi) is 2.89. The fourth-order valence-electron chi connectivity index (χ4n) is 1.90. The molecule has 4 nitrogen and oxygen atoms in total. The van der Waals surface area contributed by atoms with Gasteiger partial charge in [-0.2, -0.15) is 13.2 Å². The third-order valence-corrected chi connectivity index (χ3v) is 3.03. The lowest BCUT2D eigenvalue weighted by Gasteiger charge is -2.25. The van der Waals surface area contributed by atoms with E-state index in [0.29, 0.717) is 0 Å². The van der Waals surface area contributed by atoms with Crippen molar-refractivity contribution < 1.29 is 27.5 Å². The SMILES string of the molecule is CC(=O)c1ccc(N2CCC(O)(C(F)(F)F)C2)o1. The van der Waals surface area contributed by atoms with E-state index in [4.69, 9.17) is 4.42 Å². The molecule has 1 aliphatic heterocycles. The van der Waals surface area contributed by atoms with Gasteiger partial charge in [-0.15, -0.1) is 0 Å². The molecule has 0 aliphatic carbocycles. The highest BCUT2D eigenvalue weighted by atomic mass is 19.4. The van der Waals surface area contributed by atoms with Gasteiger partial charge >= 0.3 is 6.18 Å². The first-order valence-corrected chi connectivity index (χ1v) is 5.38. The molecule has 0 radical (unpaired) electrons. The lowest BCUT2D eigenvalue weighted by atomic mass is 10.0. The lowest BCUT2D eigenvalue weighted by Crippen LogP contribution is -2.47. The number of Topliss-reactive ketones (excluding diaryl/α,β-unsaturated/α-hetero) is 1. The van der Waals surface area contributed by atoms with E-state index in [9.17, 15) is 23.1 Å². The summed E-state index contributed by atoms with van der Waals surface area (Å²) in [6.45, 7) is 0.751. The predicted molar refractivity (Wildman–Crippen MR) is 56.5 cm³/mol. The number of halogens is 3. The first-order chi connectivity index (χ1) is 8.23. The standard InChI is InChI=1S/C11H12F3NO3/c1-7(16)8-2-3-9(18-8)15-5-4-10(17,6-15)11(12,13)14/h2-3,17H,4-6H2,1H3. The molecule has 0 amide bonds. The number of rotatable bonds is 2. The van der Waals surface area contributed by atoms with E-state index in [-0.39, 0.29) is 24.0 Å². The lowest BCUT2D eigenvalue weighted by molar-refractivity contribution is -0.250. The molecule has 100 valence electrons. The molecule has 1 fully saturated rings. The van der Waals surface area contributed by atoms with E-state index in [1.807, 2.05) is 0 Å². The zero-order valence-corrected chi connectivity index (χ0v) is 9.62. The summed E-state index contributed by atoms with van der Waals surface area (Å²) in [5.74, 6) is -0.0423. The monoisotopic (exact) mass is 263 g/mol. The van der Waals surface area contributed by atoms with Crippen molar-refractivity contribution in [1.29, 1.82) is 0 Å². The number of β-amino-alcohol motifs (C(OH)–C–C–N with tert-alkyl or cyclic N) is 1. The molecule has 1 aromatic heterocycles. The van der Waals surface area contributed by atoms with Crippen molar-refractivity contribution in [3.05, 3.63) is 17.9 Å². The van der Waals surface area contributed by atoms with Crippen LogP contribution in [0.3, 0.4) is 0 Å². The second kappa shape index (κ2) is 4.01. The van der Waals surface area contributed by atoms with Crippen LogP contribution in [0.4, 0.5) is 19.1 Å². The topological polar surface area (TPSA) is 53.7 Å². The van der Waals surface area contributed by atoms with Crippen molar-refractivity contribution in [2.24, 2.45) is 0 Å². The van der Waals surface area contributed by atoms with Gasteiger partial charge in [0.05, 0.1) is 6.54 Å². The van der Waals surface area contributed by atoms with Gasteiger partial charge in [0.2, 0.25) is 0 Å². The molecular weight excluding hydrogens is 251 g/mol. The van der Waals surface area contributed by atoms with E-state index in [1.165, 1.54) is 24.0 Å². The summed E-state index contributed by atoms with van der Waals surface area (Å²) in [6.07, 6.45) is -5.08. The molecule has 0 spiro atoms. The Balaban J connectivity index is 2.15. The van der Waals surface area contributed by atoms with Crippen molar-refractivity contribution in [2.45, 2.75) is 25.1 Å². The van der Waals surface area contributed by atoms with Gasteiger partial charge in [0.25, 0.3) is 0 Å². The largest absolute Gasteiger partial charge is 0.437 e. The van der Waals surface area contributed by atoms with Gasteiger partial charge in [0, 0.05) is 26.0 Å². The summed E-state index contributed by atoms with van der Waals surface area (Å²) in [6, 6.07) is 2.83. The maximum atomic E-state index is 12.6. The van der Waals surface area contributed by atoms with Crippen LogP contribution in [0, 0.1) is 0 Å². The maximum absolute atomic E-state index is 12.6. The average molecular weight is 263 g/mol. The zero-order chi connectivity index (χ0) is 13.6. The number of hydrogen-bond acceptors (Lipinski definition) is 4. The van der Waals surface area contributed by atoms with Gasteiger partial charge in [-0.1, -0.05) is 0 Å². The Morgan fingerprint density at radius 2 is 2.17 bits per heavy atom. The predicted octanol–water partition coefficient (Wildman–Crippen LogP) is 1.99. The van der Waals surface area contributed by atoms with Gasteiger partial charge in [-0.25, -0.2) is 0 Å². The van der Waals surface area contributed by atoms with Gasteiger partial charge < -0.3 is 14.4 Å². The minimum absolute atomic E-state index is 0.0286. The summed E-state index contributed by atoms with van der Waals surface area (Å²) < 4.78 is 43.0. The molecule has 1 unspecified atom stereocenters. The summed E-state index contributed by atoms with van der Waals surface area (Å²) in [5.41, 5.74) is -2.71. The van der Waals surface area contributed by atoms with E-state index in [0.717, 1.165) is 0 Å². The Bertz CT molecular complexity index is 468. The van der Waals surface area contributed by atoms with Crippen LogP contribution in [-0.4, -0.2) is 35.8 Å². The van der Waals surface area contributed by atoms with Crippen LogP contribution in [0.1, 0.15) is 23.9 Å². The zero-order valence-electron chi connectivity index (χ0n) is 9.62. The number of anilines is 1. The van der Waals surface area contributed by atoms with Crippen LogP contribution in [0.15, 0.2) is 16.5 Å². The number of hydrogen-bond donors (Lipinski definition) is 1. The van der Waals surface area contributed by atoms with Gasteiger partial charge in [-0.05, 0) is 6.07 Å². The van der Waals surface area contributed by atoms with Crippen molar-refractivity contribution in [3.8, 4) is 0 Å². The van der Waals surface area contributed by atoms with E-state index in [1.54, 1.807) is 0 Å². The Morgan fingerprint density at radius 1 is 1.50 bits per heavy atom. The highest BCUT2D eigenvalue weighted by Gasteiger charge is 2.57.